The van der Waals surface area contributed by atoms with E-state index in [1.54, 1.807) is 16.7 Å². The summed E-state index contributed by atoms with van der Waals surface area (Å²) >= 11 is 0. The second kappa shape index (κ2) is 9.75. The van der Waals surface area contributed by atoms with E-state index in [0.29, 0.717) is 29.4 Å². The van der Waals surface area contributed by atoms with Crippen LogP contribution in [0.15, 0.2) is 24.3 Å². The van der Waals surface area contributed by atoms with Crippen LogP contribution in [0.5, 0.6) is 0 Å². The molecule has 1 aliphatic rings. The van der Waals surface area contributed by atoms with E-state index in [1.807, 2.05) is 13.8 Å². The molecule has 0 aliphatic carbocycles. The average Bonchev–Trinajstić information content (AvgIpc) is 2.95. The summed E-state index contributed by atoms with van der Waals surface area (Å²) in [7, 11) is 0. The van der Waals surface area contributed by atoms with Gasteiger partial charge in [-0.25, -0.2) is 4.39 Å². The van der Waals surface area contributed by atoms with E-state index >= 15 is 0 Å². The normalized spacial score (nSPS) is 16.6. The number of rotatable bonds is 7. The van der Waals surface area contributed by atoms with Gasteiger partial charge >= 0.3 is 0 Å². The molecular formula is C23H28FN5O2. The minimum atomic E-state index is -0.394. The Balaban J connectivity index is 1.77. The van der Waals surface area contributed by atoms with Gasteiger partial charge in [0.2, 0.25) is 11.8 Å². The van der Waals surface area contributed by atoms with Gasteiger partial charge in [0, 0.05) is 18.7 Å². The van der Waals surface area contributed by atoms with Crippen molar-refractivity contribution in [3.8, 4) is 11.8 Å². The van der Waals surface area contributed by atoms with Crippen molar-refractivity contribution in [2.75, 3.05) is 25.0 Å². The molecule has 1 aromatic heterocycles. The van der Waals surface area contributed by atoms with Crippen LogP contribution in [0.25, 0.3) is 5.69 Å². The number of nitriles is 1. The number of likely N-dealkylation sites (tertiary alicyclic amines) is 1. The van der Waals surface area contributed by atoms with E-state index in [0.717, 1.165) is 43.6 Å². The van der Waals surface area contributed by atoms with Crippen LogP contribution in [0.2, 0.25) is 0 Å². The topological polar surface area (TPSA) is 104 Å². The van der Waals surface area contributed by atoms with Gasteiger partial charge in [0.25, 0.3) is 0 Å². The minimum Gasteiger partial charge on any atom is -0.370 e. The zero-order valence-corrected chi connectivity index (χ0v) is 17.9. The Labute approximate surface area is 181 Å². The van der Waals surface area contributed by atoms with Crippen molar-refractivity contribution in [1.82, 2.24) is 9.47 Å². The van der Waals surface area contributed by atoms with Crippen molar-refractivity contribution in [2.45, 2.75) is 39.5 Å². The molecular weight excluding hydrogens is 397 g/mol. The molecule has 31 heavy (non-hydrogen) atoms. The number of carbonyl (C=O) groups excluding carboxylic acids is 2. The van der Waals surface area contributed by atoms with E-state index in [-0.39, 0.29) is 18.4 Å². The molecule has 3 N–H and O–H groups in total. The van der Waals surface area contributed by atoms with E-state index in [4.69, 9.17) is 5.73 Å². The number of hydrogen-bond acceptors (Lipinski definition) is 4. The largest absolute Gasteiger partial charge is 0.370 e. The Morgan fingerprint density at radius 1 is 1.35 bits per heavy atom. The predicted octanol–water partition coefficient (Wildman–Crippen LogP) is 3.02. The lowest BCUT2D eigenvalue weighted by molar-refractivity contribution is -0.119. The van der Waals surface area contributed by atoms with E-state index in [2.05, 4.69) is 16.3 Å². The lowest BCUT2D eigenvalue weighted by Gasteiger charge is -2.32. The van der Waals surface area contributed by atoms with Crippen molar-refractivity contribution >= 4 is 17.6 Å². The first-order valence-electron chi connectivity index (χ1n) is 10.5. The summed E-state index contributed by atoms with van der Waals surface area (Å²) in [6.07, 6.45) is 3.06. The molecule has 1 fully saturated rings. The second-order valence-electron chi connectivity index (χ2n) is 8.16. The molecule has 0 saturated carbocycles. The number of anilines is 1. The van der Waals surface area contributed by atoms with Gasteiger partial charge in [0.05, 0.1) is 17.8 Å². The first-order chi connectivity index (χ1) is 14.8. The number of primary amides is 1. The van der Waals surface area contributed by atoms with Gasteiger partial charge in [-0.05, 0) is 69.3 Å². The zero-order chi connectivity index (χ0) is 22.5. The number of carbonyl (C=O) groups is 2. The van der Waals surface area contributed by atoms with Gasteiger partial charge in [-0.15, -0.1) is 0 Å². The Morgan fingerprint density at radius 2 is 2.13 bits per heavy atom. The van der Waals surface area contributed by atoms with Crippen LogP contribution in [-0.2, 0) is 9.59 Å². The number of amides is 2. The smallest absolute Gasteiger partial charge is 0.239 e. The lowest BCUT2D eigenvalue weighted by Crippen LogP contribution is -2.41. The van der Waals surface area contributed by atoms with Crippen LogP contribution in [-0.4, -0.2) is 40.9 Å². The molecule has 1 saturated heterocycles. The molecule has 7 nitrogen and oxygen atoms in total. The van der Waals surface area contributed by atoms with Gasteiger partial charge in [-0.1, -0.05) is 6.07 Å². The Morgan fingerprint density at radius 3 is 2.81 bits per heavy atom. The first kappa shape index (κ1) is 22.5. The molecule has 2 amide bonds. The summed E-state index contributed by atoms with van der Waals surface area (Å²) in [6.45, 7) is 5.37. The Kier molecular flexibility index (Phi) is 7.08. The van der Waals surface area contributed by atoms with Gasteiger partial charge in [-0.2, -0.15) is 5.26 Å². The second-order valence-corrected chi connectivity index (χ2v) is 8.16. The van der Waals surface area contributed by atoms with Crippen molar-refractivity contribution in [3.05, 3.63) is 46.9 Å². The monoisotopic (exact) mass is 425 g/mol. The first-order valence-corrected chi connectivity index (χ1v) is 10.5. The van der Waals surface area contributed by atoms with E-state index in [9.17, 15) is 19.2 Å². The third kappa shape index (κ3) is 5.30. The molecule has 3 rings (SSSR count). The van der Waals surface area contributed by atoms with Crippen molar-refractivity contribution in [3.63, 3.8) is 0 Å². The maximum Gasteiger partial charge on any atom is 0.239 e. The number of nitrogens with one attached hydrogen (secondary N) is 1. The van der Waals surface area contributed by atoms with Crippen molar-refractivity contribution < 1.29 is 14.0 Å². The highest BCUT2D eigenvalue weighted by molar-refractivity contribution is 5.93. The summed E-state index contributed by atoms with van der Waals surface area (Å²) < 4.78 is 15.5. The van der Waals surface area contributed by atoms with Crippen LogP contribution in [0, 0.1) is 36.9 Å². The number of nitrogens with two attached hydrogens (primary N) is 1. The summed E-state index contributed by atoms with van der Waals surface area (Å²) in [5, 5.41) is 12.6. The molecule has 0 radical (unpaired) electrons. The number of hydrogen-bond donors (Lipinski definition) is 2. The quantitative estimate of drug-likeness (QED) is 0.711. The number of piperidine rings is 1. The molecule has 164 valence electrons. The molecule has 8 heteroatoms. The predicted molar refractivity (Wildman–Crippen MR) is 116 cm³/mol. The third-order valence-electron chi connectivity index (χ3n) is 5.92. The molecule has 2 heterocycles. The molecule has 1 atom stereocenters. The number of benzene rings is 1. The molecule has 1 aliphatic heterocycles. The van der Waals surface area contributed by atoms with Crippen LogP contribution in [0.4, 0.5) is 10.2 Å². The highest BCUT2D eigenvalue weighted by Gasteiger charge is 2.24. The fourth-order valence-corrected chi connectivity index (χ4v) is 4.25. The average molecular weight is 426 g/mol. The van der Waals surface area contributed by atoms with Crippen LogP contribution in [0.1, 0.15) is 42.5 Å². The van der Waals surface area contributed by atoms with Crippen LogP contribution < -0.4 is 11.1 Å². The molecule has 1 aromatic carbocycles. The lowest BCUT2D eigenvalue weighted by atomic mass is 9.93. The summed E-state index contributed by atoms with van der Waals surface area (Å²) in [5.74, 6) is -0.237. The third-order valence-corrected chi connectivity index (χ3v) is 5.92. The summed E-state index contributed by atoms with van der Waals surface area (Å²) in [6, 6.07) is 8.22. The summed E-state index contributed by atoms with van der Waals surface area (Å²) in [5.41, 5.74) is 7.67. The summed E-state index contributed by atoms with van der Waals surface area (Å²) in [4.78, 5) is 26.0. The number of nitrogens with zero attached hydrogens (tertiary/aromatic N) is 3. The minimum absolute atomic E-state index is 0.185. The van der Waals surface area contributed by atoms with Gasteiger partial charge in [-0.3, -0.25) is 19.1 Å². The highest BCUT2D eigenvalue weighted by Crippen LogP contribution is 2.30. The molecule has 2 aromatic rings. The maximum atomic E-state index is 13.8. The molecule has 1 unspecified atom stereocenters. The maximum absolute atomic E-state index is 13.8. The van der Waals surface area contributed by atoms with Crippen LogP contribution >= 0.6 is 0 Å². The van der Waals surface area contributed by atoms with E-state index < -0.39 is 5.82 Å². The van der Waals surface area contributed by atoms with Crippen LogP contribution in [0.3, 0.4) is 0 Å². The van der Waals surface area contributed by atoms with Gasteiger partial charge < -0.3 is 11.1 Å². The zero-order valence-electron chi connectivity index (χ0n) is 17.9. The number of halogens is 1. The van der Waals surface area contributed by atoms with E-state index in [1.165, 1.54) is 12.1 Å². The fraction of sp³-hybridized carbons (Fsp3) is 0.435. The number of aromatic nitrogens is 1. The SMILES string of the molecule is Cc1c(C#N)c(NC(=O)CN2CCCC(CCC(N)=O)C2)n(-c2cccc(F)c2)c1C. The Hall–Kier alpha value is -3.18. The highest BCUT2D eigenvalue weighted by atomic mass is 19.1. The molecule has 0 bridgehead atoms. The van der Waals surface area contributed by atoms with Gasteiger partial charge in [0.1, 0.15) is 17.7 Å². The van der Waals surface area contributed by atoms with Gasteiger partial charge in [0.15, 0.2) is 0 Å². The molecule has 0 spiro atoms. The van der Waals surface area contributed by atoms with Crippen molar-refractivity contribution in [2.24, 2.45) is 11.7 Å². The fourth-order valence-electron chi connectivity index (χ4n) is 4.25. The Bertz CT molecular complexity index is 1020. The standard InChI is InChI=1S/C23H28FN5O2/c1-15-16(2)29(19-7-3-6-18(24)11-19)23(20(15)12-25)27-22(31)14-28-10-4-5-17(13-28)8-9-21(26)30/h3,6-7,11,17H,4-5,8-10,13-14H2,1-2H3,(H2,26,30)(H,27,31). The van der Waals surface area contributed by atoms with Crippen molar-refractivity contribution in [1.29, 1.82) is 5.26 Å².